The summed E-state index contributed by atoms with van der Waals surface area (Å²) in [6, 6.07) is 5.60. The summed E-state index contributed by atoms with van der Waals surface area (Å²) in [6.07, 6.45) is 11.4. The first kappa shape index (κ1) is 16.9. The number of aromatic nitrogens is 3. The van der Waals surface area contributed by atoms with Gasteiger partial charge in [-0.3, -0.25) is 9.78 Å². The standard InChI is InChI=1S/C22H20N4O3/c27-20(25-22-7-1-4-15(10-22)28-12-22)16-9-17(14-3-2-8-23-11-14)24-21-18(16)19(26-29-21)13-5-6-13/h1-4,8-9,11,13,15H,5-7,10,12H2,(H,25,27). The van der Waals surface area contributed by atoms with Crippen molar-refractivity contribution in [2.45, 2.75) is 43.2 Å². The van der Waals surface area contributed by atoms with E-state index in [1.54, 1.807) is 12.4 Å². The van der Waals surface area contributed by atoms with Gasteiger partial charge in [-0.1, -0.05) is 17.3 Å². The van der Waals surface area contributed by atoms with E-state index >= 15 is 0 Å². The first-order valence-electron chi connectivity index (χ1n) is 10.0. The maximum Gasteiger partial charge on any atom is 0.259 e. The zero-order valence-electron chi connectivity index (χ0n) is 15.8. The fraction of sp³-hybridized carbons (Fsp3) is 0.364. The molecule has 29 heavy (non-hydrogen) atoms. The van der Waals surface area contributed by atoms with Crippen molar-refractivity contribution >= 4 is 17.0 Å². The van der Waals surface area contributed by atoms with Gasteiger partial charge in [0.2, 0.25) is 0 Å². The molecule has 0 aromatic carbocycles. The third-order valence-electron chi connectivity index (χ3n) is 6.04. The summed E-state index contributed by atoms with van der Waals surface area (Å²) in [5, 5.41) is 8.25. The maximum atomic E-state index is 13.5. The highest BCUT2D eigenvalue weighted by molar-refractivity contribution is 6.07. The molecule has 1 N–H and O–H groups in total. The summed E-state index contributed by atoms with van der Waals surface area (Å²) in [5.74, 6) is 0.219. The summed E-state index contributed by atoms with van der Waals surface area (Å²) in [7, 11) is 0. The monoisotopic (exact) mass is 388 g/mol. The van der Waals surface area contributed by atoms with E-state index in [0.717, 1.165) is 42.3 Å². The molecule has 1 saturated carbocycles. The van der Waals surface area contributed by atoms with E-state index in [4.69, 9.17) is 9.26 Å². The molecule has 2 bridgehead atoms. The van der Waals surface area contributed by atoms with Crippen LogP contribution >= 0.6 is 0 Å². The van der Waals surface area contributed by atoms with Gasteiger partial charge >= 0.3 is 0 Å². The van der Waals surface area contributed by atoms with Gasteiger partial charge in [-0.25, -0.2) is 4.98 Å². The van der Waals surface area contributed by atoms with Gasteiger partial charge in [0.1, 0.15) is 0 Å². The number of carbonyl (C=O) groups excluding carboxylic acids is 1. The molecule has 1 saturated heterocycles. The minimum Gasteiger partial charge on any atom is -0.372 e. The van der Waals surface area contributed by atoms with Crippen LogP contribution < -0.4 is 5.32 Å². The van der Waals surface area contributed by atoms with Crippen molar-refractivity contribution in [1.82, 2.24) is 20.4 Å². The minimum absolute atomic E-state index is 0.0880. The van der Waals surface area contributed by atoms with Crippen LogP contribution in [-0.2, 0) is 4.74 Å². The Balaban J connectivity index is 1.46. The van der Waals surface area contributed by atoms with E-state index in [1.165, 1.54) is 0 Å². The van der Waals surface area contributed by atoms with Crippen molar-refractivity contribution < 1.29 is 14.1 Å². The molecule has 2 unspecified atom stereocenters. The maximum absolute atomic E-state index is 13.5. The number of amides is 1. The highest BCUT2D eigenvalue weighted by Crippen LogP contribution is 2.43. The molecule has 2 fully saturated rings. The van der Waals surface area contributed by atoms with Crippen molar-refractivity contribution in [3.05, 3.63) is 54.0 Å². The lowest BCUT2D eigenvalue weighted by molar-refractivity contribution is 0.0876. The zero-order valence-corrected chi connectivity index (χ0v) is 15.8. The lowest BCUT2D eigenvalue weighted by Gasteiger charge is -2.29. The summed E-state index contributed by atoms with van der Waals surface area (Å²) < 4.78 is 11.4. The Morgan fingerprint density at radius 1 is 1.31 bits per heavy atom. The Kier molecular flexibility index (Phi) is 3.61. The average molecular weight is 388 g/mol. The Morgan fingerprint density at radius 2 is 2.24 bits per heavy atom. The van der Waals surface area contributed by atoms with Gasteiger partial charge in [-0.05, 0) is 37.5 Å². The molecule has 3 aromatic heterocycles. The second-order valence-electron chi connectivity index (χ2n) is 8.24. The van der Waals surface area contributed by atoms with E-state index in [-0.39, 0.29) is 17.6 Å². The molecule has 1 amide bonds. The van der Waals surface area contributed by atoms with Gasteiger partial charge in [0.25, 0.3) is 11.6 Å². The Morgan fingerprint density at radius 3 is 3.07 bits per heavy atom. The van der Waals surface area contributed by atoms with E-state index in [1.807, 2.05) is 18.2 Å². The smallest absolute Gasteiger partial charge is 0.259 e. The van der Waals surface area contributed by atoms with Crippen LogP contribution in [0.2, 0.25) is 0 Å². The largest absolute Gasteiger partial charge is 0.372 e. The van der Waals surface area contributed by atoms with Gasteiger partial charge in [0, 0.05) is 30.3 Å². The molecule has 146 valence electrons. The molecular formula is C22H20N4O3. The molecule has 6 rings (SSSR count). The van der Waals surface area contributed by atoms with Gasteiger partial charge in [0.05, 0.1) is 40.6 Å². The molecule has 4 heterocycles. The van der Waals surface area contributed by atoms with Crippen molar-refractivity contribution in [1.29, 1.82) is 0 Å². The third kappa shape index (κ3) is 2.84. The number of nitrogens with one attached hydrogen (secondary N) is 1. The highest BCUT2D eigenvalue weighted by atomic mass is 16.5. The first-order valence-corrected chi connectivity index (χ1v) is 10.0. The Hall–Kier alpha value is -3.06. The first-order chi connectivity index (χ1) is 14.2. The number of hydrogen-bond acceptors (Lipinski definition) is 6. The molecule has 7 nitrogen and oxygen atoms in total. The molecule has 2 atom stereocenters. The molecule has 3 aliphatic rings. The summed E-state index contributed by atoms with van der Waals surface area (Å²) in [4.78, 5) is 22.3. The van der Waals surface area contributed by atoms with E-state index in [2.05, 4.69) is 32.6 Å². The van der Waals surface area contributed by atoms with Crippen LogP contribution in [0.3, 0.4) is 0 Å². The second-order valence-corrected chi connectivity index (χ2v) is 8.24. The van der Waals surface area contributed by atoms with Crippen LogP contribution in [0.1, 0.15) is 47.7 Å². The Bertz CT molecular complexity index is 1140. The van der Waals surface area contributed by atoms with Gasteiger partial charge in [-0.15, -0.1) is 0 Å². The van der Waals surface area contributed by atoms with Gasteiger partial charge in [0.15, 0.2) is 0 Å². The molecule has 7 heteroatoms. The summed E-state index contributed by atoms with van der Waals surface area (Å²) in [5.41, 5.74) is 2.94. The Labute approximate surface area is 167 Å². The van der Waals surface area contributed by atoms with Crippen LogP contribution in [0.15, 0.2) is 47.3 Å². The second kappa shape index (κ2) is 6.22. The SMILES string of the molecule is O=C(NC12CC=CC(C1)OC2)c1cc(-c2cccnc2)nc2onc(C3CC3)c12. The minimum atomic E-state index is -0.350. The van der Waals surface area contributed by atoms with Crippen LogP contribution in [0.4, 0.5) is 0 Å². The molecule has 2 aliphatic carbocycles. The quantitative estimate of drug-likeness (QED) is 0.689. The highest BCUT2D eigenvalue weighted by Gasteiger charge is 2.43. The number of hydrogen-bond donors (Lipinski definition) is 1. The number of fused-ring (bicyclic) bond motifs is 3. The lowest BCUT2D eigenvalue weighted by atomic mass is 9.87. The zero-order chi connectivity index (χ0) is 19.4. The molecule has 1 aliphatic heterocycles. The van der Waals surface area contributed by atoms with E-state index < -0.39 is 0 Å². The fourth-order valence-electron chi connectivity index (χ4n) is 4.38. The number of nitrogens with zero attached hydrogens (tertiary/aromatic N) is 3. The number of carbonyl (C=O) groups is 1. The predicted octanol–water partition coefficient (Wildman–Crippen LogP) is 3.38. The topological polar surface area (TPSA) is 90.1 Å². The van der Waals surface area contributed by atoms with Crippen molar-refractivity contribution in [2.75, 3.05) is 6.61 Å². The van der Waals surface area contributed by atoms with Crippen LogP contribution in [-0.4, -0.2) is 39.3 Å². The van der Waals surface area contributed by atoms with Gasteiger partial charge in [-0.2, -0.15) is 0 Å². The predicted molar refractivity (Wildman–Crippen MR) is 105 cm³/mol. The van der Waals surface area contributed by atoms with Crippen LogP contribution in [0.5, 0.6) is 0 Å². The van der Waals surface area contributed by atoms with E-state index in [9.17, 15) is 4.79 Å². The third-order valence-corrected chi connectivity index (χ3v) is 6.04. The van der Waals surface area contributed by atoms with Crippen LogP contribution in [0, 0.1) is 0 Å². The molecule has 0 spiro atoms. The van der Waals surface area contributed by atoms with Gasteiger partial charge < -0.3 is 14.6 Å². The summed E-state index contributed by atoms with van der Waals surface area (Å²) >= 11 is 0. The summed E-state index contributed by atoms with van der Waals surface area (Å²) in [6.45, 7) is 0.527. The fourth-order valence-corrected chi connectivity index (χ4v) is 4.38. The molecule has 0 radical (unpaired) electrons. The van der Waals surface area contributed by atoms with Crippen LogP contribution in [0.25, 0.3) is 22.4 Å². The average Bonchev–Trinajstić information content (AvgIpc) is 3.44. The lowest BCUT2D eigenvalue weighted by Crippen LogP contribution is -2.49. The van der Waals surface area contributed by atoms with Crippen molar-refractivity contribution in [3.63, 3.8) is 0 Å². The van der Waals surface area contributed by atoms with Crippen molar-refractivity contribution in [3.8, 4) is 11.3 Å². The number of rotatable bonds is 4. The molecular weight excluding hydrogens is 368 g/mol. The number of ether oxygens (including phenoxy) is 1. The van der Waals surface area contributed by atoms with Crippen molar-refractivity contribution in [2.24, 2.45) is 0 Å². The normalized spacial score (nSPS) is 25.4. The van der Waals surface area contributed by atoms with E-state index in [0.29, 0.717) is 29.5 Å². The molecule has 3 aromatic rings. The number of pyridine rings is 2.